The number of hydrogen-bond acceptors (Lipinski definition) is 6. The molecule has 0 saturated carbocycles. The maximum Gasteiger partial charge on any atom is 0.236 e. The zero-order chi connectivity index (χ0) is 21.3. The molecule has 1 fully saturated rings. The summed E-state index contributed by atoms with van der Waals surface area (Å²) in [6.07, 6.45) is 1.98. The van der Waals surface area contributed by atoms with Crippen molar-refractivity contribution in [2.75, 3.05) is 25.1 Å². The molecule has 1 aliphatic heterocycles. The number of piperidine rings is 1. The van der Waals surface area contributed by atoms with E-state index in [2.05, 4.69) is 11.9 Å². The van der Waals surface area contributed by atoms with E-state index in [4.69, 9.17) is 9.15 Å². The van der Waals surface area contributed by atoms with Crippen molar-refractivity contribution in [1.82, 2.24) is 4.98 Å². The Bertz CT molecular complexity index is 1110. The molecule has 6 nitrogen and oxygen atoms in total. The number of aromatic nitrogens is 1. The number of oxazole rings is 1. The van der Waals surface area contributed by atoms with Crippen molar-refractivity contribution in [2.24, 2.45) is 5.92 Å². The molecular formula is C23H26N2O4S. The molecule has 0 spiro atoms. The van der Waals surface area contributed by atoms with E-state index in [-0.39, 0.29) is 15.8 Å². The van der Waals surface area contributed by atoms with Crippen molar-refractivity contribution in [3.8, 4) is 17.2 Å². The van der Waals surface area contributed by atoms with Gasteiger partial charge in [0.05, 0.1) is 12.0 Å². The number of nitrogens with zero attached hydrogens (tertiary/aromatic N) is 2. The van der Waals surface area contributed by atoms with Crippen molar-refractivity contribution in [2.45, 2.75) is 36.6 Å². The van der Waals surface area contributed by atoms with Crippen LogP contribution in [0.2, 0.25) is 0 Å². The van der Waals surface area contributed by atoms with Gasteiger partial charge in [-0.25, -0.2) is 8.42 Å². The fraction of sp³-hybridized carbons (Fsp3) is 0.348. The van der Waals surface area contributed by atoms with Crippen LogP contribution < -0.4 is 9.64 Å². The zero-order valence-electron chi connectivity index (χ0n) is 17.5. The van der Waals surface area contributed by atoms with Crippen LogP contribution in [-0.2, 0) is 9.84 Å². The summed E-state index contributed by atoms with van der Waals surface area (Å²) in [7, 11) is -2.22. The van der Waals surface area contributed by atoms with Crippen molar-refractivity contribution in [1.29, 1.82) is 0 Å². The van der Waals surface area contributed by atoms with Gasteiger partial charge in [0.1, 0.15) is 5.75 Å². The van der Waals surface area contributed by atoms with E-state index in [0.29, 0.717) is 23.1 Å². The van der Waals surface area contributed by atoms with Gasteiger partial charge in [-0.3, -0.25) is 0 Å². The largest absolute Gasteiger partial charge is 0.497 e. The Labute approximate surface area is 177 Å². The minimum Gasteiger partial charge on any atom is -0.497 e. The van der Waals surface area contributed by atoms with Crippen molar-refractivity contribution < 1.29 is 17.6 Å². The van der Waals surface area contributed by atoms with E-state index in [9.17, 15) is 8.42 Å². The summed E-state index contributed by atoms with van der Waals surface area (Å²) in [4.78, 5) is 6.68. The van der Waals surface area contributed by atoms with Crippen LogP contribution in [0.5, 0.6) is 5.75 Å². The topological polar surface area (TPSA) is 72.6 Å². The molecule has 30 heavy (non-hydrogen) atoms. The number of aryl methyl sites for hydroxylation is 1. The van der Waals surface area contributed by atoms with E-state index in [1.807, 2.05) is 24.0 Å². The lowest BCUT2D eigenvalue weighted by molar-refractivity contribution is 0.414. The van der Waals surface area contributed by atoms with E-state index in [1.165, 1.54) is 0 Å². The molecule has 0 N–H and O–H groups in total. The molecule has 0 aliphatic carbocycles. The first-order valence-electron chi connectivity index (χ1n) is 10.1. The van der Waals surface area contributed by atoms with Crippen LogP contribution in [-0.4, -0.2) is 33.6 Å². The molecule has 4 rings (SSSR count). The number of hydrogen-bond donors (Lipinski definition) is 0. The van der Waals surface area contributed by atoms with Crippen molar-refractivity contribution in [3.63, 3.8) is 0 Å². The predicted molar refractivity (Wildman–Crippen MR) is 116 cm³/mol. The Morgan fingerprint density at radius 3 is 2.27 bits per heavy atom. The molecule has 0 bridgehead atoms. The standard InChI is InChI=1S/C23H26N2O4S/c1-16-4-10-20(11-5-16)30(26,27)22-23(25-14-12-17(2)13-15-25)29-21(24-22)18-6-8-19(28-3)9-7-18/h4-11,17H,12-15H2,1-3H3. The first-order chi connectivity index (χ1) is 14.4. The van der Waals surface area contributed by atoms with E-state index >= 15 is 0 Å². The average molecular weight is 427 g/mol. The Balaban J connectivity index is 1.80. The van der Waals surface area contributed by atoms with Gasteiger partial charge in [-0.05, 0) is 62.1 Å². The van der Waals surface area contributed by atoms with Gasteiger partial charge in [-0.15, -0.1) is 0 Å². The number of sulfone groups is 1. The molecule has 1 saturated heterocycles. The summed E-state index contributed by atoms with van der Waals surface area (Å²) in [6.45, 7) is 5.63. The van der Waals surface area contributed by atoms with Crippen LogP contribution >= 0.6 is 0 Å². The van der Waals surface area contributed by atoms with Crippen LogP contribution in [0.3, 0.4) is 0 Å². The minimum absolute atomic E-state index is 0.0216. The molecule has 3 aromatic rings. The monoisotopic (exact) mass is 426 g/mol. The quantitative estimate of drug-likeness (QED) is 0.587. The van der Waals surface area contributed by atoms with E-state index < -0.39 is 9.84 Å². The number of ether oxygens (including phenoxy) is 1. The highest BCUT2D eigenvalue weighted by atomic mass is 32.2. The van der Waals surface area contributed by atoms with Gasteiger partial charge >= 0.3 is 0 Å². The Morgan fingerprint density at radius 1 is 1.03 bits per heavy atom. The van der Waals surface area contributed by atoms with Gasteiger partial charge in [-0.2, -0.15) is 4.98 Å². The number of rotatable bonds is 5. The Hall–Kier alpha value is -2.80. The number of methoxy groups -OCH3 is 1. The Kier molecular flexibility index (Phi) is 5.56. The van der Waals surface area contributed by atoms with Crippen LogP contribution in [0.4, 0.5) is 5.88 Å². The SMILES string of the molecule is COc1ccc(-c2nc(S(=O)(=O)c3ccc(C)cc3)c(N3CCC(C)CC3)o2)cc1. The highest BCUT2D eigenvalue weighted by molar-refractivity contribution is 7.91. The van der Waals surface area contributed by atoms with Gasteiger partial charge in [0.25, 0.3) is 0 Å². The number of benzene rings is 2. The first kappa shape index (κ1) is 20.5. The fourth-order valence-electron chi connectivity index (χ4n) is 3.57. The van der Waals surface area contributed by atoms with Gasteiger partial charge in [0.15, 0.2) is 0 Å². The second-order valence-electron chi connectivity index (χ2n) is 7.84. The van der Waals surface area contributed by atoms with Crippen molar-refractivity contribution in [3.05, 3.63) is 54.1 Å². The van der Waals surface area contributed by atoms with Crippen LogP contribution in [0.1, 0.15) is 25.3 Å². The second kappa shape index (κ2) is 8.14. The third-order valence-corrected chi connectivity index (χ3v) is 7.24. The molecule has 2 aromatic carbocycles. The lowest BCUT2D eigenvalue weighted by Crippen LogP contribution is -2.33. The lowest BCUT2D eigenvalue weighted by Gasteiger charge is -2.30. The molecule has 1 aromatic heterocycles. The highest BCUT2D eigenvalue weighted by Gasteiger charge is 2.32. The maximum absolute atomic E-state index is 13.4. The van der Waals surface area contributed by atoms with Gasteiger partial charge in [0.2, 0.25) is 26.6 Å². The van der Waals surface area contributed by atoms with Gasteiger partial charge in [0, 0.05) is 18.7 Å². The van der Waals surface area contributed by atoms with Gasteiger partial charge < -0.3 is 14.1 Å². The Morgan fingerprint density at radius 2 is 1.67 bits per heavy atom. The summed E-state index contributed by atoms with van der Waals surface area (Å²) in [5.74, 6) is 1.94. The van der Waals surface area contributed by atoms with Crippen LogP contribution in [0.25, 0.3) is 11.5 Å². The normalized spacial score (nSPS) is 15.4. The predicted octanol–water partition coefficient (Wildman–Crippen LogP) is 4.73. The number of anilines is 1. The molecule has 0 atom stereocenters. The molecule has 0 unspecified atom stereocenters. The van der Waals surface area contributed by atoms with Crippen LogP contribution in [0.15, 0.2) is 62.9 Å². The summed E-state index contributed by atoms with van der Waals surface area (Å²) >= 11 is 0. The molecular weight excluding hydrogens is 400 g/mol. The molecule has 0 radical (unpaired) electrons. The maximum atomic E-state index is 13.4. The van der Waals surface area contributed by atoms with E-state index in [1.54, 1.807) is 43.5 Å². The summed E-state index contributed by atoms with van der Waals surface area (Å²) in [5.41, 5.74) is 1.70. The smallest absolute Gasteiger partial charge is 0.236 e. The van der Waals surface area contributed by atoms with Crippen LogP contribution in [0, 0.1) is 12.8 Å². The molecule has 0 amide bonds. The lowest BCUT2D eigenvalue weighted by atomic mass is 9.99. The third kappa shape index (κ3) is 3.94. The summed E-state index contributed by atoms with van der Waals surface area (Å²) in [5, 5.41) is -0.0216. The minimum atomic E-state index is -3.82. The third-order valence-electron chi connectivity index (χ3n) is 5.57. The fourth-order valence-corrected chi connectivity index (χ4v) is 4.89. The van der Waals surface area contributed by atoms with E-state index in [0.717, 1.165) is 31.5 Å². The van der Waals surface area contributed by atoms with Gasteiger partial charge in [-0.1, -0.05) is 24.6 Å². The van der Waals surface area contributed by atoms with Crippen molar-refractivity contribution >= 4 is 15.7 Å². The first-order valence-corrected chi connectivity index (χ1v) is 11.6. The highest BCUT2D eigenvalue weighted by Crippen LogP contribution is 2.36. The second-order valence-corrected chi connectivity index (χ2v) is 9.71. The summed E-state index contributed by atoms with van der Waals surface area (Å²) < 4.78 is 38.2. The molecule has 1 aliphatic rings. The molecule has 7 heteroatoms. The zero-order valence-corrected chi connectivity index (χ0v) is 18.3. The average Bonchev–Trinajstić information content (AvgIpc) is 3.21. The summed E-state index contributed by atoms with van der Waals surface area (Å²) in [6, 6.07) is 14.1. The molecule has 2 heterocycles. The molecule has 158 valence electrons.